The van der Waals surface area contributed by atoms with E-state index in [9.17, 15) is 9.59 Å². The second kappa shape index (κ2) is 6.57. The molecule has 1 aliphatic carbocycles. The topological polar surface area (TPSA) is 61.4 Å². The van der Waals surface area contributed by atoms with Gasteiger partial charge in [0.05, 0.1) is 6.54 Å². The van der Waals surface area contributed by atoms with E-state index in [1.807, 2.05) is 17.0 Å². The summed E-state index contributed by atoms with van der Waals surface area (Å²) in [6, 6.07) is 7.07. The quantitative estimate of drug-likeness (QED) is 0.894. The lowest BCUT2D eigenvalue weighted by Gasteiger charge is -2.22. The van der Waals surface area contributed by atoms with Crippen molar-refractivity contribution in [1.82, 2.24) is 15.5 Å². The first-order valence-corrected chi connectivity index (χ1v) is 8.10. The van der Waals surface area contributed by atoms with E-state index in [1.54, 1.807) is 12.1 Å². The summed E-state index contributed by atoms with van der Waals surface area (Å²) >= 11 is 5.83. The zero-order chi connectivity index (χ0) is 15.5. The lowest BCUT2D eigenvalue weighted by atomic mass is 10.2. The molecule has 1 saturated heterocycles. The normalized spacial score (nSPS) is 22.0. The van der Waals surface area contributed by atoms with Gasteiger partial charge in [0.2, 0.25) is 5.91 Å². The van der Waals surface area contributed by atoms with Gasteiger partial charge in [0.25, 0.3) is 0 Å². The number of urea groups is 1. The second-order valence-electron chi connectivity index (χ2n) is 5.94. The number of benzene rings is 1. The van der Waals surface area contributed by atoms with Crippen molar-refractivity contribution in [3.63, 3.8) is 0 Å². The average molecular weight is 322 g/mol. The van der Waals surface area contributed by atoms with Crippen LogP contribution in [0.4, 0.5) is 4.79 Å². The third-order valence-electron chi connectivity index (χ3n) is 4.40. The van der Waals surface area contributed by atoms with Gasteiger partial charge >= 0.3 is 6.03 Å². The fourth-order valence-electron chi connectivity index (χ4n) is 3.15. The molecule has 5 nitrogen and oxygen atoms in total. The van der Waals surface area contributed by atoms with E-state index in [0.717, 1.165) is 18.4 Å². The molecule has 3 rings (SSSR count). The molecule has 0 aromatic heterocycles. The molecule has 0 spiro atoms. The van der Waals surface area contributed by atoms with E-state index < -0.39 is 6.04 Å². The number of amides is 3. The maximum Gasteiger partial charge on any atom is 0.318 e. The van der Waals surface area contributed by atoms with Crippen LogP contribution >= 0.6 is 11.6 Å². The fraction of sp³-hybridized carbons (Fsp3) is 0.500. The Balaban J connectivity index is 1.52. The summed E-state index contributed by atoms with van der Waals surface area (Å²) in [6.45, 7) is 0.905. The first-order valence-electron chi connectivity index (χ1n) is 7.73. The summed E-state index contributed by atoms with van der Waals surface area (Å²) in [6.07, 6.45) is 4.43. The lowest BCUT2D eigenvalue weighted by molar-refractivity contribution is -0.122. The minimum Gasteiger partial charge on any atom is -0.350 e. The van der Waals surface area contributed by atoms with E-state index in [4.69, 9.17) is 11.6 Å². The Kier molecular flexibility index (Phi) is 4.52. The zero-order valence-electron chi connectivity index (χ0n) is 12.3. The van der Waals surface area contributed by atoms with Crippen molar-refractivity contribution >= 4 is 23.5 Å². The first-order chi connectivity index (χ1) is 10.6. The van der Waals surface area contributed by atoms with Crippen molar-refractivity contribution in [1.29, 1.82) is 0 Å². The number of halogens is 1. The van der Waals surface area contributed by atoms with E-state index in [-0.39, 0.29) is 11.9 Å². The summed E-state index contributed by atoms with van der Waals surface area (Å²) in [5, 5.41) is 6.32. The lowest BCUT2D eigenvalue weighted by Crippen LogP contribution is -2.42. The minimum absolute atomic E-state index is 0.112. The highest BCUT2D eigenvalue weighted by molar-refractivity contribution is 6.30. The number of carbonyl (C=O) groups is 2. The molecule has 1 heterocycles. The molecule has 2 fully saturated rings. The number of nitrogens with zero attached hydrogens (tertiary/aromatic N) is 1. The number of hydrogen-bond acceptors (Lipinski definition) is 2. The standard InChI is InChI=1S/C16H20ClN3O2/c17-12-7-5-11(6-8-12)9-18-15(21)14-10-20(16(22)19-14)13-3-1-2-4-13/h5-8,13-14H,1-4,9-10H2,(H,18,21)(H,19,22). The van der Waals surface area contributed by atoms with Crippen LogP contribution < -0.4 is 10.6 Å². The van der Waals surface area contributed by atoms with Gasteiger partial charge in [-0.3, -0.25) is 4.79 Å². The average Bonchev–Trinajstić information content (AvgIpc) is 3.15. The Hall–Kier alpha value is -1.75. The molecule has 2 N–H and O–H groups in total. The van der Waals surface area contributed by atoms with E-state index >= 15 is 0 Å². The molecule has 1 atom stereocenters. The van der Waals surface area contributed by atoms with Gasteiger partial charge in [-0.1, -0.05) is 36.6 Å². The van der Waals surface area contributed by atoms with Crippen LogP contribution in [0.5, 0.6) is 0 Å². The molecule has 1 aromatic rings. The van der Waals surface area contributed by atoms with E-state index in [0.29, 0.717) is 24.2 Å². The van der Waals surface area contributed by atoms with Gasteiger partial charge in [-0.05, 0) is 30.5 Å². The van der Waals surface area contributed by atoms with Crippen molar-refractivity contribution in [3.05, 3.63) is 34.9 Å². The molecule has 118 valence electrons. The highest BCUT2D eigenvalue weighted by Crippen LogP contribution is 2.25. The largest absolute Gasteiger partial charge is 0.350 e. The molecule has 1 unspecified atom stereocenters. The SMILES string of the molecule is O=C(NCc1ccc(Cl)cc1)C1CN(C2CCCC2)C(=O)N1. The van der Waals surface area contributed by atoms with E-state index in [1.165, 1.54) is 12.8 Å². The first kappa shape index (κ1) is 15.2. The molecule has 3 amide bonds. The zero-order valence-corrected chi connectivity index (χ0v) is 13.1. The molecular formula is C16H20ClN3O2. The third-order valence-corrected chi connectivity index (χ3v) is 4.65. The van der Waals surface area contributed by atoms with Crippen LogP contribution in [0.1, 0.15) is 31.2 Å². The number of hydrogen-bond donors (Lipinski definition) is 2. The van der Waals surface area contributed by atoms with Crippen molar-refractivity contribution in [2.45, 2.75) is 44.3 Å². The van der Waals surface area contributed by atoms with Gasteiger partial charge in [0.1, 0.15) is 6.04 Å². The van der Waals surface area contributed by atoms with Gasteiger partial charge < -0.3 is 15.5 Å². The van der Waals surface area contributed by atoms with Crippen LogP contribution in [0.25, 0.3) is 0 Å². The molecule has 0 bridgehead atoms. The maximum atomic E-state index is 12.2. The van der Waals surface area contributed by atoms with Gasteiger partial charge in [0.15, 0.2) is 0 Å². The van der Waals surface area contributed by atoms with Crippen molar-refractivity contribution in [3.8, 4) is 0 Å². The smallest absolute Gasteiger partial charge is 0.318 e. The van der Waals surface area contributed by atoms with Crippen molar-refractivity contribution in [2.24, 2.45) is 0 Å². The Morgan fingerprint density at radius 1 is 1.27 bits per heavy atom. The Bertz CT molecular complexity index is 555. The molecular weight excluding hydrogens is 302 g/mol. The Morgan fingerprint density at radius 2 is 1.95 bits per heavy atom. The van der Waals surface area contributed by atoms with Crippen LogP contribution in [-0.4, -0.2) is 35.5 Å². The Morgan fingerprint density at radius 3 is 2.64 bits per heavy atom. The van der Waals surface area contributed by atoms with Crippen molar-refractivity contribution < 1.29 is 9.59 Å². The van der Waals surface area contributed by atoms with Crippen LogP contribution in [0.15, 0.2) is 24.3 Å². The minimum atomic E-state index is -0.458. The maximum absolute atomic E-state index is 12.2. The predicted molar refractivity (Wildman–Crippen MR) is 84.6 cm³/mol. The van der Waals surface area contributed by atoms with Crippen LogP contribution in [0, 0.1) is 0 Å². The molecule has 0 radical (unpaired) electrons. The van der Waals surface area contributed by atoms with Gasteiger partial charge in [-0.25, -0.2) is 4.79 Å². The van der Waals surface area contributed by atoms with Gasteiger partial charge in [-0.15, -0.1) is 0 Å². The van der Waals surface area contributed by atoms with Crippen LogP contribution in [-0.2, 0) is 11.3 Å². The molecule has 1 aromatic carbocycles. The molecule has 22 heavy (non-hydrogen) atoms. The second-order valence-corrected chi connectivity index (χ2v) is 6.37. The van der Waals surface area contributed by atoms with Gasteiger partial charge in [-0.2, -0.15) is 0 Å². The molecule has 1 saturated carbocycles. The highest BCUT2D eigenvalue weighted by Gasteiger charge is 2.37. The summed E-state index contributed by atoms with van der Waals surface area (Å²) in [5.41, 5.74) is 0.981. The monoisotopic (exact) mass is 321 g/mol. The summed E-state index contributed by atoms with van der Waals surface area (Å²) in [4.78, 5) is 26.0. The molecule has 2 aliphatic rings. The predicted octanol–water partition coefficient (Wildman–Crippen LogP) is 2.29. The Labute approximate surface area is 135 Å². The number of nitrogens with one attached hydrogen (secondary N) is 2. The molecule has 6 heteroatoms. The summed E-state index contributed by atoms with van der Waals surface area (Å²) in [7, 11) is 0. The van der Waals surface area contributed by atoms with Crippen LogP contribution in [0.2, 0.25) is 5.02 Å². The summed E-state index contributed by atoms with van der Waals surface area (Å²) < 4.78 is 0. The highest BCUT2D eigenvalue weighted by atomic mass is 35.5. The van der Waals surface area contributed by atoms with Crippen molar-refractivity contribution in [2.75, 3.05) is 6.54 Å². The number of rotatable bonds is 4. The summed E-state index contributed by atoms with van der Waals surface area (Å²) in [5.74, 6) is -0.135. The molecule has 1 aliphatic heterocycles. The van der Waals surface area contributed by atoms with Gasteiger partial charge in [0, 0.05) is 17.6 Å². The third kappa shape index (κ3) is 3.35. The fourth-order valence-corrected chi connectivity index (χ4v) is 3.28. The number of carbonyl (C=O) groups excluding carboxylic acids is 2. The van der Waals surface area contributed by atoms with Crippen LogP contribution in [0.3, 0.4) is 0 Å². The van der Waals surface area contributed by atoms with E-state index in [2.05, 4.69) is 10.6 Å².